The van der Waals surface area contributed by atoms with Crippen molar-refractivity contribution in [2.24, 2.45) is 0 Å². The van der Waals surface area contributed by atoms with Crippen LogP contribution in [0.25, 0.3) is 0 Å². The van der Waals surface area contributed by atoms with Gasteiger partial charge in [0.1, 0.15) is 24.4 Å². The SMILES string of the molecule is CC(C)(C)[Si](C)(C)O[C@@H]1O[C@@H]2COC(c3ccccc3)O[C@H]2[C@H](OCc2ccccc2)[C@H]1NC(=O)C(Cl)(Cl)Cl. The van der Waals surface area contributed by atoms with E-state index in [9.17, 15) is 4.79 Å². The van der Waals surface area contributed by atoms with Gasteiger partial charge in [-0.15, -0.1) is 0 Å². The minimum atomic E-state index is -2.38. The quantitative estimate of drug-likeness (QED) is 0.291. The lowest BCUT2D eigenvalue weighted by atomic mass is 9.95. The van der Waals surface area contributed by atoms with Crippen LogP contribution in [0.4, 0.5) is 0 Å². The molecule has 0 aromatic heterocycles. The summed E-state index contributed by atoms with van der Waals surface area (Å²) in [6.45, 7) is 11.1. The number of benzene rings is 2. The number of rotatable bonds is 7. The minimum absolute atomic E-state index is 0.130. The molecule has 1 N–H and O–H groups in total. The van der Waals surface area contributed by atoms with Crippen LogP contribution in [0.5, 0.6) is 0 Å². The van der Waals surface area contributed by atoms with Crippen LogP contribution in [0, 0.1) is 0 Å². The van der Waals surface area contributed by atoms with Crippen LogP contribution in [-0.2, 0) is 34.8 Å². The van der Waals surface area contributed by atoms with Gasteiger partial charge < -0.3 is 28.7 Å². The maximum absolute atomic E-state index is 13.0. The molecular formula is C28H36Cl3NO6Si. The van der Waals surface area contributed by atoms with Gasteiger partial charge in [-0.2, -0.15) is 0 Å². The maximum atomic E-state index is 13.0. The predicted molar refractivity (Wildman–Crippen MR) is 154 cm³/mol. The van der Waals surface area contributed by atoms with Gasteiger partial charge in [0.15, 0.2) is 20.9 Å². The van der Waals surface area contributed by atoms with Gasteiger partial charge in [0, 0.05) is 5.56 Å². The van der Waals surface area contributed by atoms with Crippen LogP contribution in [-0.4, -0.2) is 55.3 Å². The molecule has 7 nitrogen and oxygen atoms in total. The molecule has 2 aromatic rings. The molecule has 2 heterocycles. The van der Waals surface area contributed by atoms with Crippen LogP contribution in [0.2, 0.25) is 18.1 Å². The van der Waals surface area contributed by atoms with Gasteiger partial charge in [-0.25, -0.2) is 0 Å². The van der Waals surface area contributed by atoms with Gasteiger partial charge in [0.2, 0.25) is 0 Å². The van der Waals surface area contributed by atoms with E-state index >= 15 is 0 Å². The third kappa shape index (κ3) is 7.55. The van der Waals surface area contributed by atoms with Crippen molar-refractivity contribution in [1.82, 2.24) is 5.32 Å². The monoisotopic (exact) mass is 615 g/mol. The maximum Gasteiger partial charge on any atom is 0.272 e. The van der Waals surface area contributed by atoms with E-state index in [0.29, 0.717) is 0 Å². The second kappa shape index (κ2) is 12.3. The van der Waals surface area contributed by atoms with Gasteiger partial charge in [0.25, 0.3) is 9.70 Å². The number of carbonyl (C=O) groups excluding carboxylic acids is 1. The Hall–Kier alpha value is -1.20. The first kappa shape index (κ1) is 30.7. The van der Waals surface area contributed by atoms with Gasteiger partial charge in [-0.05, 0) is 23.7 Å². The number of fused-ring (bicyclic) bond motifs is 1. The van der Waals surface area contributed by atoms with E-state index < -0.39 is 55.0 Å². The molecule has 2 aliphatic heterocycles. The Balaban J connectivity index is 1.69. The van der Waals surface area contributed by atoms with Gasteiger partial charge >= 0.3 is 0 Å². The smallest absolute Gasteiger partial charge is 0.272 e. The van der Waals surface area contributed by atoms with Crippen molar-refractivity contribution in [3.63, 3.8) is 0 Å². The van der Waals surface area contributed by atoms with Crippen molar-refractivity contribution in [3.8, 4) is 0 Å². The molecule has 214 valence electrons. The molecule has 6 atom stereocenters. The first-order chi connectivity index (χ1) is 18.3. The summed E-state index contributed by atoms with van der Waals surface area (Å²) >= 11 is 17.9. The van der Waals surface area contributed by atoms with E-state index in [-0.39, 0.29) is 18.3 Å². The highest BCUT2D eigenvalue weighted by Gasteiger charge is 2.54. The standard InChI is InChI=1S/C28H36Cl3NO6Si/c1-27(2,3)39(4,5)38-25-21(32-26(33)28(29,30)31)23(34-16-18-12-8-6-9-13-18)22-20(36-25)17-35-24(37-22)19-14-10-7-11-15-19/h6-15,20-25H,16-17H2,1-5H3,(H,32,33)/t20-,21-,22-,23-,24?,25+/m1/s1. The lowest BCUT2D eigenvalue weighted by Crippen LogP contribution is -2.69. The molecular weight excluding hydrogens is 581 g/mol. The van der Waals surface area contributed by atoms with Crippen LogP contribution < -0.4 is 5.32 Å². The molecule has 1 unspecified atom stereocenters. The van der Waals surface area contributed by atoms with Crippen molar-refractivity contribution >= 4 is 49.0 Å². The average molecular weight is 617 g/mol. The van der Waals surface area contributed by atoms with Crippen molar-refractivity contribution in [2.75, 3.05) is 6.61 Å². The Morgan fingerprint density at radius 2 is 1.62 bits per heavy atom. The second-order valence-corrected chi connectivity index (χ2v) is 18.4. The van der Waals surface area contributed by atoms with Gasteiger partial charge in [-0.3, -0.25) is 4.79 Å². The highest BCUT2D eigenvalue weighted by molar-refractivity contribution is 6.76. The summed E-state index contributed by atoms with van der Waals surface area (Å²) in [6.07, 6.45) is -3.34. The minimum Gasteiger partial charge on any atom is -0.391 e. The Morgan fingerprint density at radius 3 is 2.21 bits per heavy atom. The molecule has 2 aliphatic rings. The zero-order valence-electron chi connectivity index (χ0n) is 22.7. The van der Waals surface area contributed by atoms with E-state index in [1.165, 1.54) is 0 Å². The summed E-state index contributed by atoms with van der Waals surface area (Å²) in [5.74, 6) is -0.802. The number of amides is 1. The van der Waals surface area contributed by atoms with Gasteiger partial charge in [0.05, 0.1) is 13.2 Å². The largest absolute Gasteiger partial charge is 0.391 e. The summed E-state index contributed by atoms with van der Waals surface area (Å²) in [5.41, 5.74) is 1.82. The van der Waals surface area contributed by atoms with Crippen LogP contribution >= 0.6 is 34.8 Å². The molecule has 2 saturated heterocycles. The number of hydrogen-bond acceptors (Lipinski definition) is 6. The fourth-order valence-corrected chi connectivity index (χ4v) is 5.57. The van der Waals surface area contributed by atoms with Crippen LogP contribution in [0.15, 0.2) is 60.7 Å². The third-order valence-corrected chi connectivity index (χ3v) is 12.4. The number of nitrogens with one attached hydrogen (secondary N) is 1. The molecule has 0 spiro atoms. The van der Waals surface area contributed by atoms with Crippen LogP contribution in [0.3, 0.4) is 0 Å². The number of carbonyl (C=O) groups is 1. The molecule has 1 amide bonds. The van der Waals surface area contributed by atoms with E-state index in [0.717, 1.165) is 11.1 Å². The average Bonchev–Trinajstić information content (AvgIpc) is 2.88. The Morgan fingerprint density at radius 1 is 1.00 bits per heavy atom. The summed E-state index contributed by atoms with van der Waals surface area (Å²) in [5, 5.41) is 2.72. The highest BCUT2D eigenvalue weighted by Crippen LogP contribution is 2.42. The Bertz CT molecular complexity index is 1100. The number of halogens is 3. The Labute approximate surface area is 246 Å². The van der Waals surface area contributed by atoms with E-state index in [1.54, 1.807) is 0 Å². The second-order valence-electron chi connectivity index (χ2n) is 11.4. The van der Waals surface area contributed by atoms with Crippen molar-refractivity contribution in [1.29, 1.82) is 0 Å². The summed E-state index contributed by atoms with van der Waals surface area (Å²) in [4.78, 5) is 13.0. The predicted octanol–water partition coefficient (Wildman–Crippen LogP) is 6.29. The number of ether oxygens (including phenoxy) is 4. The zero-order valence-corrected chi connectivity index (χ0v) is 26.0. The van der Waals surface area contributed by atoms with Crippen molar-refractivity contribution in [2.45, 2.75) is 86.2 Å². The topological polar surface area (TPSA) is 75.2 Å². The molecule has 0 bridgehead atoms. The third-order valence-electron chi connectivity index (χ3n) is 7.47. The highest BCUT2D eigenvalue weighted by atomic mass is 35.6. The molecule has 4 rings (SSSR count). The zero-order chi connectivity index (χ0) is 28.4. The molecule has 2 aromatic carbocycles. The fraction of sp³-hybridized carbons (Fsp3) is 0.536. The lowest BCUT2D eigenvalue weighted by molar-refractivity contribution is -0.340. The number of alkyl halides is 3. The van der Waals surface area contributed by atoms with E-state index in [4.69, 9.17) is 58.2 Å². The summed E-state index contributed by atoms with van der Waals surface area (Å²) < 4.78 is 30.0. The fourth-order valence-electron chi connectivity index (χ4n) is 4.27. The van der Waals surface area contributed by atoms with E-state index in [2.05, 4.69) is 39.2 Å². The van der Waals surface area contributed by atoms with Gasteiger partial charge in [-0.1, -0.05) is 116 Å². The molecule has 0 saturated carbocycles. The molecule has 11 heteroatoms. The molecule has 0 radical (unpaired) electrons. The van der Waals surface area contributed by atoms with Crippen molar-refractivity contribution in [3.05, 3.63) is 71.8 Å². The van der Waals surface area contributed by atoms with Crippen LogP contribution in [0.1, 0.15) is 38.2 Å². The first-order valence-corrected chi connectivity index (χ1v) is 17.0. The van der Waals surface area contributed by atoms with E-state index in [1.807, 2.05) is 60.7 Å². The first-order valence-electron chi connectivity index (χ1n) is 12.9. The van der Waals surface area contributed by atoms with Crippen molar-refractivity contribution < 1.29 is 28.2 Å². The summed E-state index contributed by atoms with van der Waals surface area (Å²) in [7, 11) is -2.38. The molecule has 2 fully saturated rings. The molecule has 0 aliphatic carbocycles. The normalized spacial score (nSPS) is 28.0. The number of hydrogen-bond donors (Lipinski definition) is 1. The molecule has 39 heavy (non-hydrogen) atoms. The lowest BCUT2D eigenvalue weighted by Gasteiger charge is -2.51. The summed E-state index contributed by atoms with van der Waals surface area (Å²) in [6, 6.07) is 18.5. The Kier molecular flexibility index (Phi) is 9.73.